The maximum absolute atomic E-state index is 13.4. The molecule has 1 N–H and O–H groups in total. The lowest BCUT2D eigenvalue weighted by atomic mass is 10.0. The molecule has 7 nitrogen and oxygen atoms in total. The molecule has 0 radical (unpaired) electrons. The molecule has 1 saturated heterocycles. The second kappa shape index (κ2) is 9.21. The highest BCUT2D eigenvalue weighted by atomic mass is 19.4. The summed E-state index contributed by atoms with van der Waals surface area (Å²) < 4.78 is 55.2. The van der Waals surface area contributed by atoms with Crippen LogP contribution in [0.1, 0.15) is 28.8 Å². The second-order valence-electron chi connectivity index (χ2n) is 8.68. The Kier molecular flexibility index (Phi) is 6.07. The molecular weight excluding hydrogens is 476 g/mol. The average molecular weight is 498 g/mol. The predicted octanol–water partition coefficient (Wildman–Crippen LogP) is 4.90. The zero-order valence-electron chi connectivity index (χ0n) is 19.3. The number of carbonyl (C=O) groups is 1. The standard InChI is InChI=1S/C25H22F4N6O/c1-34-21(8-11-30-34)22-17-4-2-3-5-18(17)23(33-32-22)31-16-9-12-35(13-10-16)24(36)19-7-6-15(26)14-20(19)25(27,28)29/h2-8,11,14,16H,9-10,12-13H2,1H3,(H,31,33). The van der Waals surface area contributed by atoms with E-state index in [1.807, 2.05) is 37.4 Å². The van der Waals surface area contributed by atoms with E-state index in [0.29, 0.717) is 30.4 Å². The smallest absolute Gasteiger partial charge is 0.365 e. The number of benzene rings is 2. The molecule has 2 aromatic heterocycles. The van der Waals surface area contributed by atoms with Gasteiger partial charge in [0.05, 0.1) is 16.8 Å². The zero-order chi connectivity index (χ0) is 25.4. The van der Waals surface area contributed by atoms with E-state index in [1.165, 1.54) is 4.90 Å². The Balaban J connectivity index is 1.32. The van der Waals surface area contributed by atoms with Gasteiger partial charge in [0.2, 0.25) is 0 Å². The first-order valence-corrected chi connectivity index (χ1v) is 11.4. The molecule has 186 valence electrons. The van der Waals surface area contributed by atoms with Crippen molar-refractivity contribution in [2.24, 2.45) is 7.05 Å². The van der Waals surface area contributed by atoms with Gasteiger partial charge in [-0.2, -0.15) is 18.3 Å². The van der Waals surface area contributed by atoms with Crippen LogP contribution in [0.15, 0.2) is 54.7 Å². The first-order chi connectivity index (χ1) is 17.2. The molecule has 0 unspecified atom stereocenters. The van der Waals surface area contributed by atoms with Crippen LogP contribution in [0.4, 0.5) is 23.4 Å². The Hall–Kier alpha value is -4.02. The summed E-state index contributed by atoms with van der Waals surface area (Å²) in [4.78, 5) is 14.2. The second-order valence-corrected chi connectivity index (χ2v) is 8.68. The molecule has 1 fully saturated rings. The number of aryl methyl sites for hydroxylation is 1. The van der Waals surface area contributed by atoms with Crippen LogP contribution in [0, 0.1) is 5.82 Å². The van der Waals surface area contributed by atoms with Gasteiger partial charge < -0.3 is 10.2 Å². The predicted molar refractivity (Wildman–Crippen MR) is 126 cm³/mol. The summed E-state index contributed by atoms with van der Waals surface area (Å²) in [6.07, 6.45) is -2.12. The highest BCUT2D eigenvalue weighted by Crippen LogP contribution is 2.34. The van der Waals surface area contributed by atoms with Crippen molar-refractivity contribution in [2.45, 2.75) is 25.1 Å². The minimum atomic E-state index is -4.83. The first-order valence-electron chi connectivity index (χ1n) is 11.4. The number of anilines is 1. The van der Waals surface area contributed by atoms with E-state index in [-0.39, 0.29) is 19.1 Å². The van der Waals surface area contributed by atoms with Crippen molar-refractivity contribution in [1.29, 1.82) is 0 Å². The van der Waals surface area contributed by atoms with Crippen molar-refractivity contribution < 1.29 is 22.4 Å². The van der Waals surface area contributed by atoms with Crippen LogP contribution in [0.2, 0.25) is 0 Å². The number of rotatable bonds is 4. The van der Waals surface area contributed by atoms with E-state index in [0.717, 1.165) is 28.6 Å². The number of hydrogen-bond donors (Lipinski definition) is 1. The Morgan fingerprint density at radius 3 is 2.42 bits per heavy atom. The van der Waals surface area contributed by atoms with Gasteiger partial charge in [-0.25, -0.2) is 4.39 Å². The summed E-state index contributed by atoms with van der Waals surface area (Å²) in [5, 5.41) is 18.2. The number of carbonyl (C=O) groups excluding carboxylic acids is 1. The number of piperidine rings is 1. The number of likely N-dealkylation sites (tertiary alicyclic amines) is 1. The van der Waals surface area contributed by atoms with Gasteiger partial charge in [-0.3, -0.25) is 9.48 Å². The topological polar surface area (TPSA) is 75.9 Å². The van der Waals surface area contributed by atoms with Crippen molar-refractivity contribution in [1.82, 2.24) is 24.9 Å². The lowest BCUT2D eigenvalue weighted by Gasteiger charge is -2.33. The molecule has 3 heterocycles. The van der Waals surface area contributed by atoms with Crippen molar-refractivity contribution >= 4 is 22.5 Å². The maximum Gasteiger partial charge on any atom is 0.417 e. The Labute approximate surface area is 203 Å². The molecule has 0 saturated carbocycles. The third-order valence-corrected chi connectivity index (χ3v) is 6.39. The Morgan fingerprint density at radius 2 is 1.75 bits per heavy atom. The van der Waals surface area contributed by atoms with E-state index >= 15 is 0 Å². The minimum Gasteiger partial charge on any atom is -0.365 e. The normalized spacial score (nSPS) is 14.9. The first kappa shape index (κ1) is 23.7. The van der Waals surface area contributed by atoms with Gasteiger partial charge in [0.15, 0.2) is 5.82 Å². The summed E-state index contributed by atoms with van der Waals surface area (Å²) in [5.74, 6) is -1.20. The van der Waals surface area contributed by atoms with Crippen molar-refractivity contribution in [3.63, 3.8) is 0 Å². The summed E-state index contributed by atoms with van der Waals surface area (Å²) in [7, 11) is 1.83. The van der Waals surface area contributed by atoms with E-state index in [4.69, 9.17) is 0 Å². The number of nitrogens with one attached hydrogen (secondary N) is 1. The number of fused-ring (bicyclic) bond motifs is 1. The van der Waals surface area contributed by atoms with Crippen LogP contribution in [-0.4, -0.2) is 49.9 Å². The molecule has 1 aliphatic heterocycles. The quantitative estimate of drug-likeness (QED) is 0.405. The van der Waals surface area contributed by atoms with Crippen LogP contribution in [-0.2, 0) is 13.2 Å². The molecule has 0 atom stereocenters. The number of amides is 1. The van der Waals surface area contributed by atoms with Gasteiger partial charge >= 0.3 is 6.18 Å². The number of aromatic nitrogens is 4. The lowest BCUT2D eigenvalue weighted by molar-refractivity contribution is -0.138. The van der Waals surface area contributed by atoms with Gasteiger partial charge in [-0.05, 0) is 37.1 Å². The van der Waals surface area contributed by atoms with E-state index in [9.17, 15) is 22.4 Å². The third kappa shape index (κ3) is 4.48. The van der Waals surface area contributed by atoms with Crippen LogP contribution < -0.4 is 5.32 Å². The van der Waals surface area contributed by atoms with Crippen LogP contribution in [0.3, 0.4) is 0 Å². The van der Waals surface area contributed by atoms with E-state index in [2.05, 4.69) is 20.6 Å². The molecule has 36 heavy (non-hydrogen) atoms. The van der Waals surface area contributed by atoms with Crippen LogP contribution >= 0.6 is 0 Å². The van der Waals surface area contributed by atoms with E-state index < -0.39 is 29.0 Å². The van der Waals surface area contributed by atoms with Gasteiger partial charge in [-0.15, -0.1) is 10.2 Å². The average Bonchev–Trinajstić information content (AvgIpc) is 3.29. The van der Waals surface area contributed by atoms with Crippen molar-refractivity contribution in [2.75, 3.05) is 18.4 Å². The largest absolute Gasteiger partial charge is 0.417 e. The zero-order valence-corrected chi connectivity index (χ0v) is 19.3. The monoisotopic (exact) mass is 498 g/mol. The molecule has 0 spiro atoms. The van der Waals surface area contributed by atoms with Crippen molar-refractivity contribution in [3.8, 4) is 11.4 Å². The fourth-order valence-electron chi connectivity index (χ4n) is 4.53. The number of hydrogen-bond acceptors (Lipinski definition) is 5. The molecule has 2 aromatic carbocycles. The number of nitrogens with zero attached hydrogens (tertiary/aromatic N) is 5. The van der Waals surface area contributed by atoms with Crippen LogP contribution in [0.25, 0.3) is 22.2 Å². The molecule has 4 aromatic rings. The van der Waals surface area contributed by atoms with Gasteiger partial charge in [0.25, 0.3) is 5.91 Å². The number of halogens is 4. The third-order valence-electron chi connectivity index (χ3n) is 6.39. The highest BCUT2D eigenvalue weighted by Gasteiger charge is 2.37. The number of alkyl halides is 3. The summed E-state index contributed by atoms with van der Waals surface area (Å²) in [6.45, 7) is 0.507. The molecular formula is C25H22F4N6O. The summed E-state index contributed by atoms with van der Waals surface area (Å²) in [5.41, 5.74) is -0.270. The molecule has 11 heteroatoms. The molecule has 1 aliphatic rings. The van der Waals surface area contributed by atoms with Gasteiger partial charge in [0, 0.05) is 43.1 Å². The molecule has 0 aliphatic carbocycles. The Morgan fingerprint density at radius 1 is 1.03 bits per heavy atom. The lowest BCUT2D eigenvalue weighted by Crippen LogP contribution is -2.43. The van der Waals surface area contributed by atoms with Crippen molar-refractivity contribution in [3.05, 3.63) is 71.7 Å². The SMILES string of the molecule is Cn1nccc1-c1nnc(NC2CCN(C(=O)c3ccc(F)cc3C(F)(F)F)CC2)c2ccccc12. The fourth-order valence-corrected chi connectivity index (χ4v) is 4.53. The van der Waals surface area contributed by atoms with E-state index in [1.54, 1.807) is 10.9 Å². The molecule has 1 amide bonds. The highest BCUT2D eigenvalue weighted by molar-refractivity contribution is 5.99. The fraction of sp³-hybridized carbons (Fsp3) is 0.280. The minimum absolute atomic E-state index is 0.0513. The maximum atomic E-state index is 13.4. The molecule has 0 bridgehead atoms. The summed E-state index contributed by atoms with van der Waals surface area (Å²) >= 11 is 0. The molecule has 5 rings (SSSR count). The summed E-state index contributed by atoms with van der Waals surface area (Å²) in [6, 6.07) is 11.7. The van der Waals surface area contributed by atoms with Crippen LogP contribution in [0.5, 0.6) is 0 Å². The van der Waals surface area contributed by atoms with Gasteiger partial charge in [-0.1, -0.05) is 24.3 Å². The van der Waals surface area contributed by atoms with Gasteiger partial charge in [0.1, 0.15) is 11.5 Å². The Bertz CT molecular complexity index is 1430.